The van der Waals surface area contributed by atoms with Gasteiger partial charge in [0.15, 0.2) is 0 Å². The number of rotatable bonds is 3. The Balaban J connectivity index is 2.93. The molecule has 1 rings (SSSR count). The SMILES string of the molecule is C=C(C)CC(O)c1cc(Br)ccc1Cl. The van der Waals surface area contributed by atoms with Gasteiger partial charge in [-0.15, -0.1) is 6.58 Å². The van der Waals surface area contributed by atoms with E-state index >= 15 is 0 Å². The van der Waals surface area contributed by atoms with Crippen molar-refractivity contribution in [1.82, 2.24) is 0 Å². The van der Waals surface area contributed by atoms with Crippen molar-refractivity contribution in [2.45, 2.75) is 19.4 Å². The molecule has 0 aromatic heterocycles. The van der Waals surface area contributed by atoms with Gasteiger partial charge >= 0.3 is 0 Å². The van der Waals surface area contributed by atoms with Gasteiger partial charge in [-0.2, -0.15) is 0 Å². The molecule has 0 saturated carbocycles. The third-order valence-corrected chi connectivity index (χ3v) is 2.70. The number of aliphatic hydroxyl groups excluding tert-OH is 1. The van der Waals surface area contributed by atoms with Crippen molar-refractivity contribution in [1.29, 1.82) is 0 Å². The van der Waals surface area contributed by atoms with Gasteiger partial charge in [-0.05, 0) is 31.5 Å². The van der Waals surface area contributed by atoms with E-state index < -0.39 is 6.10 Å². The molecule has 1 aromatic rings. The first kappa shape index (κ1) is 11.8. The average Bonchev–Trinajstić information content (AvgIpc) is 2.08. The molecular weight excluding hydrogens is 263 g/mol. The number of hydrogen-bond donors (Lipinski definition) is 1. The van der Waals surface area contributed by atoms with Crippen LogP contribution in [0.2, 0.25) is 5.02 Å². The summed E-state index contributed by atoms with van der Waals surface area (Å²) < 4.78 is 0.915. The van der Waals surface area contributed by atoms with Crippen molar-refractivity contribution in [2.24, 2.45) is 0 Å². The van der Waals surface area contributed by atoms with Crippen LogP contribution in [0.25, 0.3) is 0 Å². The zero-order chi connectivity index (χ0) is 10.7. The van der Waals surface area contributed by atoms with E-state index in [4.69, 9.17) is 11.6 Å². The van der Waals surface area contributed by atoms with E-state index in [1.807, 2.05) is 19.1 Å². The molecule has 0 bridgehead atoms. The highest BCUT2D eigenvalue weighted by atomic mass is 79.9. The molecule has 0 aliphatic carbocycles. The molecule has 1 atom stereocenters. The zero-order valence-corrected chi connectivity index (χ0v) is 10.3. The molecule has 1 unspecified atom stereocenters. The van der Waals surface area contributed by atoms with Gasteiger partial charge in [0, 0.05) is 15.1 Å². The Hall–Kier alpha value is -0.310. The summed E-state index contributed by atoms with van der Waals surface area (Å²) in [5.74, 6) is 0. The summed E-state index contributed by atoms with van der Waals surface area (Å²) in [6.45, 7) is 5.64. The van der Waals surface area contributed by atoms with Crippen LogP contribution in [-0.4, -0.2) is 5.11 Å². The van der Waals surface area contributed by atoms with Crippen molar-refractivity contribution >= 4 is 27.5 Å². The Morgan fingerprint density at radius 2 is 2.29 bits per heavy atom. The summed E-state index contributed by atoms with van der Waals surface area (Å²) >= 11 is 9.30. The minimum absolute atomic E-state index is 0.538. The van der Waals surface area contributed by atoms with Crippen LogP contribution in [0.1, 0.15) is 25.0 Å². The molecule has 0 saturated heterocycles. The van der Waals surface area contributed by atoms with Gasteiger partial charge in [0.1, 0.15) is 0 Å². The van der Waals surface area contributed by atoms with Crippen molar-refractivity contribution < 1.29 is 5.11 Å². The standard InChI is InChI=1S/C11H12BrClO/c1-7(2)5-11(14)9-6-8(12)3-4-10(9)13/h3-4,6,11,14H,1,5H2,2H3. The highest BCUT2D eigenvalue weighted by Gasteiger charge is 2.11. The Morgan fingerprint density at radius 1 is 1.64 bits per heavy atom. The van der Waals surface area contributed by atoms with Gasteiger partial charge < -0.3 is 5.11 Å². The molecule has 0 heterocycles. The topological polar surface area (TPSA) is 20.2 Å². The molecule has 0 spiro atoms. The van der Waals surface area contributed by atoms with Gasteiger partial charge in [-0.3, -0.25) is 0 Å². The number of benzene rings is 1. The van der Waals surface area contributed by atoms with E-state index in [0.717, 1.165) is 15.6 Å². The van der Waals surface area contributed by atoms with Crippen molar-refractivity contribution in [3.05, 3.63) is 45.4 Å². The molecule has 3 heteroatoms. The predicted octanol–water partition coefficient (Wildman–Crippen LogP) is 4.10. The van der Waals surface area contributed by atoms with Gasteiger partial charge in [0.2, 0.25) is 0 Å². The first-order chi connectivity index (χ1) is 6.50. The van der Waals surface area contributed by atoms with Crippen LogP contribution < -0.4 is 0 Å². The molecule has 0 fully saturated rings. The summed E-state index contributed by atoms with van der Waals surface area (Å²) in [4.78, 5) is 0. The van der Waals surface area contributed by atoms with E-state index in [9.17, 15) is 5.11 Å². The summed E-state index contributed by atoms with van der Waals surface area (Å²) in [5, 5.41) is 10.4. The lowest BCUT2D eigenvalue weighted by molar-refractivity contribution is 0.178. The van der Waals surface area contributed by atoms with Gasteiger partial charge in [-0.25, -0.2) is 0 Å². The van der Waals surface area contributed by atoms with Crippen LogP contribution >= 0.6 is 27.5 Å². The smallest absolute Gasteiger partial charge is 0.0841 e. The molecule has 1 N–H and O–H groups in total. The second-order valence-corrected chi connectivity index (χ2v) is 4.67. The van der Waals surface area contributed by atoms with Crippen LogP contribution in [0, 0.1) is 0 Å². The normalized spacial score (nSPS) is 12.6. The lowest BCUT2D eigenvalue weighted by Gasteiger charge is -2.12. The van der Waals surface area contributed by atoms with Gasteiger partial charge in [-0.1, -0.05) is 33.1 Å². The first-order valence-corrected chi connectivity index (χ1v) is 5.45. The third kappa shape index (κ3) is 3.12. The first-order valence-electron chi connectivity index (χ1n) is 4.28. The summed E-state index contributed by atoms with van der Waals surface area (Å²) in [7, 11) is 0. The van der Waals surface area contributed by atoms with Crippen LogP contribution in [0.5, 0.6) is 0 Å². The zero-order valence-electron chi connectivity index (χ0n) is 7.93. The quantitative estimate of drug-likeness (QED) is 0.823. The predicted molar refractivity (Wildman–Crippen MR) is 63.5 cm³/mol. The molecule has 1 aromatic carbocycles. The molecule has 76 valence electrons. The van der Waals surface area contributed by atoms with Crippen molar-refractivity contribution in [3.63, 3.8) is 0 Å². The molecule has 0 radical (unpaired) electrons. The van der Waals surface area contributed by atoms with Crippen LogP contribution in [-0.2, 0) is 0 Å². The number of aliphatic hydroxyl groups is 1. The summed E-state index contributed by atoms with van der Waals surface area (Å²) in [5.41, 5.74) is 1.68. The highest BCUT2D eigenvalue weighted by Crippen LogP contribution is 2.29. The second kappa shape index (κ2) is 4.96. The second-order valence-electron chi connectivity index (χ2n) is 3.34. The van der Waals surface area contributed by atoms with Crippen molar-refractivity contribution in [3.8, 4) is 0 Å². The number of hydrogen-bond acceptors (Lipinski definition) is 1. The Morgan fingerprint density at radius 3 is 2.86 bits per heavy atom. The summed E-state index contributed by atoms with van der Waals surface area (Å²) in [6.07, 6.45) is -0.0339. The number of halogens is 2. The summed E-state index contributed by atoms with van der Waals surface area (Å²) in [6, 6.07) is 5.44. The minimum atomic E-state index is -0.572. The fourth-order valence-electron chi connectivity index (χ4n) is 1.21. The Labute approximate surface area is 97.5 Å². The van der Waals surface area contributed by atoms with Gasteiger partial charge in [0.25, 0.3) is 0 Å². The molecule has 0 amide bonds. The van der Waals surface area contributed by atoms with E-state index in [0.29, 0.717) is 11.4 Å². The Bertz CT molecular complexity index is 349. The largest absolute Gasteiger partial charge is 0.388 e. The lowest BCUT2D eigenvalue weighted by atomic mass is 10.0. The highest BCUT2D eigenvalue weighted by molar-refractivity contribution is 9.10. The van der Waals surface area contributed by atoms with Gasteiger partial charge in [0.05, 0.1) is 6.10 Å². The van der Waals surface area contributed by atoms with Crippen LogP contribution in [0.4, 0.5) is 0 Å². The van der Waals surface area contributed by atoms with Crippen LogP contribution in [0.3, 0.4) is 0 Å². The Kier molecular flexibility index (Phi) is 4.17. The lowest BCUT2D eigenvalue weighted by Crippen LogP contribution is -1.98. The van der Waals surface area contributed by atoms with Crippen molar-refractivity contribution in [2.75, 3.05) is 0 Å². The maximum atomic E-state index is 9.83. The van der Waals surface area contributed by atoms with E-state index in [1.54, 1.807) is 6.07 Å². The fourth-order valence-corrected chi connectivity index (χ4v) is 1.83. The van der Waals surface area contributed by atoms with Crippen LogP contribution in [0.15, 0.2) is 34.8 Å². The maximum Gasteiger partial charge on any atom is 0.0841 e. The molecule has 0 aliphatic heterocycles. The van der Waals surface area contributed by atoms with E-state index in [-0.39, 0.29) is 0 Å². The van der Waals surface area contributed by atoms with E-state index in [2.05, 4.69) is 22.5 Å². The third-order valence-electron chi connectivity index (χ3n) is 1.86. The molecule has 1 nitrogen and oxygen atoms in total. The average molecular weight is 276 g/mol. The van der Waals surface area contributed by atoms with E-state index in [1.165, 1.54) is 0 Å². The molecular formula is C11H12BrClO. The minimum Gasteiger partial charge on any atom is -0.388 e. The fraction of sp³-hybridized carbons (Fsp3) is 0.273. The molecule has 14 heavy (non-hydrogen) atoms. The maximum absolute atomic E-state index is 9.83. The monoisotopic (exact) mass is 274 g/mol. The molecule has 0 aliphatic rings.